The summed E-state index contributed by atoms with van der Waals surface area (Å²) in [6.45, 7) is 1.30. The first-order chi connectivity index (χ1) is 13.7. The first-order valence-electron chi connectivity index (χ1n) is 9.43. The fourth-order valence-electron chi connectivity index (χ4n) is 3.67. The van der Waals surface area contributed by atoms with Crippen molar-refractivity contribution in [2.75, 3.05) is 13.2 Å². The quantitative estimate of drug-likeness (QED) is 0.735. The van der Waals surface area contributed by atoms with Crippen LogP contribution in [0.15, 0.2) is 59.9 Å². The Labute approximate surface area is 162 Å². The van der Waals surface area contributed by atoms with E-state index in [-0.39, 0.29) is 30.0 Å². The summed E-state index contributed by atoms with van der Waals surface area (Å²) in [5.41, 5.74) is 1.37. The molecule has 2 aromatic heterocycles. The van der Waals surface area contributed by atoms with Gasteiger partial charge in [-0.1, -0.05) is 18.2 Å². The van der Waals surface area contributed by atoms with E-state index in [1.807, 2.05) is 18.2 Å². The van der Waals surface area contributed by atoms with Crippen LogP contribution in [0.5, 0.6) is 0 Å². The lowest BCUT2D eigenvalue weighted by Crippen LogP contribution is -2.39. The molecule has 0 spiro atoms. The minimum atomic E-state index is -0.223. The van der Waals surface area contributed by atoms with E-state index < -0.39 is 0 Å². The van der Waals surface area contributed by atoms with Gasteiger partial charge in [0.1, 0.15) is 6.54 Å². The molecule has 28 heavy (non-hydrogen) atoms. The number of nitrogens with one attached hydrogen (secondary N) is 1. The van der Waals surface area contributed by atoms with Crippen molar-refractivity contribution in [1.29, 1.82) is 0 Å². The van der Waals surface area contributed by atoms with E-state index in [4.69, 9.17) is 4.74 Å². The Morgan fingerprint density at radius 3 is 2.82 bits per heavy atom. The molecule has 1 unspecified atom stereocenters. The number of aromatic nitrogens is 3. The van der Waals surface area contributed by atoms with Crippen LogP contribution >= 0.6 is 0 Å². The van der Waals surface area contributed by atoms with Gasteiger partial charge in [0.25, 0.3) is 5.56 Å². The van der Waals surface area contributed by atoms with Crippen molar-refractivity contribution in [3.05, 3.63) is 71.0 Å². The highest BCUT2D eigenvalue weighted by Gasteiger charge is 2.27. The van der Waals surface area contributed by atoms with E-state index in [1.165, 1.54) is 10.9 Å². The molecule has 1 atom stereocenters. The number of pyridine rings is 1. The normalized spacial score (nSPS) is 16.0. The second-order valence-electron chi connectivity index (χ2n) is 6.98. The number of hydrogen-bond donors (Lipinski definition) is 1. The molecule has 144 valence electrons. The predicted octanol–water partition coefficient (Wildman–Crippen LogP) is 2.08. The molecular formula is C21H22N4O3. The monoisotopic (exact) mass is 378 g/mol. The topological polar surface area (TPSA) is 86.1 Å². The lowest BCUT2D eigenvalue weighted by molar-refractivity contribution is -0.123. The molecule has 7 heteroatoms. The van der Waals surface area contributed by atoms with Gasteiger partial charge in [-0.25, -0.2) is 4.98 Å². The Morgan fingerprint density at radius 1 is 1.21 bits per heavy atom. The van der Waals surface area contributed by atoms with Gasteiger partial charge in [-0.15, -0.1) is 0 Å². The highest BCUT2D eigenvalue weighted by molar-refractivity contribution is 5.79. The average molecular weight is 378 g/mol. The molecule has 7 nitrogen and oxygen atoms in total. The molecule has 0 radical (unpaired) electrons. The molecule has 1 aromatic carbocycles. The van der Waals surface area contributed by atoms with E-state index in [0.29, 0.717) is 24.1 Å². The van der Waals surface area contributed by atoms with Gasteiger partial charge in [0.15, 0.2) is 0 Å². The zero-order valence-corrected chi connectivity index (χ0v) is 15.5. The molecular weight excluding hydrogens is 356 g/mol. The molecule has 1 N–H and O–H groups in total. The maximum absolute atomic E-state index is 12.8. The van der Waals surface area contributed by atoms with Gasteiger partial charge in [-0.3, -0.25) is 19.1 Å². The Balaban J connectivity index is 1.55. The molecule has 0 bridgehead atoms. The number of hydrogen-bond acceptors (Lipinski definition) is 5. The van der Waals surface area contributed by atoms with Crippen molar-refractivity contribution in [3.63, 3.8) is 0 Å². The van der Waals surface area contributed by atoms with E-state index in [2.05, 4.69) is 15.3 Å². The van der Waals surface area contributed by atoms with Crippen molar-refractivity contribution in [1.82, 2.24) is 19.9 Å². The highest BCUT2D eigenvalue weighted by atomic mass is 16.5. The lowest BCUT2D eigenvalue weighted by Gasteiger charge is -2.31. The largest absolute Gasteiger partial charge is 0.381 e. The van der Waals surface area contributed by atoms with Gasteiger partial charge in [-0.2, -0.15) is 0 Å². The van der Waals surface area contributed by atoms with Gasteiger partial charge in [0, 0.05) is 25.6 Å². The minimum absolute atomic E-state index is 0.0728. The van der Waals surface area contributed by atoms with Crippen molar-refractivity contribution in [3.8, 4) is 0 Å². The van der Waals surface area contributed by atoms with Crippen LogP contribution in [0, 0.1) is 5.92 Å². The molecule has 1 aliphatic heterocycles. The van der Waals surface area contributed by atoms with Gasteiger partial charge < -0.3 is 10.1 Å². The van der Waals surface area contributed by atoms with Crippen molar-refractivity contribution in [2.45, 2.75) is 25.4 Å². The summed E-state index contributed by atoms with van der Waals surface area (Å²) >= 11 is 0. The molecule has 1 fully saturated rings. The number of para-hydroxylation sites is 1. The second kappa shape index (κ2) is 8.31. The number of carbonyl (C=O) groups is 1. The Morgan fingerprint density at radius 2 is 2.04 bits per heavy atom. The van der Waals surface area contributed by atoms with Crippen LogP contribution in [0.1, 0.15) is 24.4 Å². The molecule has 3 heterocycles. The van der Waals surface area contributed by atoms with Crippen LogP contribution in [-0.4, -0.2) is 33.7 Å². The summed E-state index contributed by atoms with van der Waals surface area (Å²) in [7, 11) is 0. The third kappa shape index (κ3) is 3.94. The molecule has 3 aromatic rings. The number of fused-ring (bicyclic) bond motifs is 1. The minimum Gasteiger partial charge on any atom is -0.381 e. The van der Waals surface area contributed by atoms with Crippen molar-refractivity contribution < 1.29 is 9.53 Å². The summed E-state index contributed by atoms with van der Waals surface area (Å²) in [6.07, 6.45) is 6.67. The van der Waals surface area contributed by atoms with Crippen LogP contribution < -0.4 is 10.9 Å². The number of amides is 1. The predicted molar refractivity (Wildman–Crippen MR) is 105 cm³/mol. The SMILES string of the molecule is O=C(Cn1cnc2ccccc2c1=O)NC(c1cccnc1)C1CCOCC1. The van der Waals surface area contributed by atoms with Gasteiger partial charge in [0.2, 0.25) is 5.91 Å². The van der Waals surface area contributed by atoms with E-state index in [1.54, 1.807) is 30.6 Å². The fourth-order valence-corrected chi connectivity index (χ4v) is 3.67. The molecule has 0 aliphatic carbocycles. The molecule has 1 aliphatic rings. The summed E-state index contributed by atoms with van der Waals surface area (Å²) in [5, 5.41) is 3.61. The van der Waals surface area contributed by atoms with Crippen molar-refractivity contribution in [2.24, 2.45) is 5.92 Å². The number of ether oxygens (including phenoxy) is 1. The maximum atomic E-state index is 12.8. The molecule has 1 saturated heterocycles. The van der Waals surface area contributed by atoms with E-state index in [9.17, 15) is 9.59 Å². The number of benzene rings is 1. The van der Waals surface area contributed by atoms with Crippen LogP contribution in [0.25, 0.3) is 10.9 Å². The average Bonchev–Trinajstić information content (AvgIpc) is 2.75. The van der Waals surface area contributed by atoms with Gasteiger partial charge in [0.05, 0.1) is 23.3 Å². The molecule has 4 rings (SSSR count). The fraction of sp³-hybridized carbons (Fsp3) is 0.333. The lowest BCUT2D eigenvalue weighted by atomic mass is 9.87. The smallest absolute Gasteiger partial charge is 0.261 e. The number of carbonyl (C=O) groups excluding carboxylic acids is 1. The first kappa shape index (κ1) is 18.3. The first-order valence-corrected chi connectivity index (χ1v) is 9.43. The van der Waals surface area contributed by atoms with Crippen molar-refractivity contribution >= 4 is 16.8 Å². The van der Waals surface area contributed by atoms with Crippen LogP contribution in [0.2, 0.25) is 0 Å². The van der Waals surface area contributed by atoms with Crippen LogP contribution in [0.3, 0.4) is 0 Å². The summed E-state index contributed by atoms with van der Waals surface area (Å²) in [4.78, 5) is 33.9. The zero-order chi connectivity index (χ0) is 19.3. The summed E-state index contributed by atoms with van der Waals surface area (Å²) < 4.78 is 6.81. The Bertz CT molecular complexity index is 1010. The third-order valence-corrected chi connectivity index (χ3v) is 5.14. The highest BCUT2D eigenvalue weighted by Crippen LogP contribution is 2.29. The molecule has 1 amide bonds. The van der Waals surface area contributed by atoms with E-state index in [0.717, 1.165) is 18.4 Å². The third-order valence-electron chi connectivity index (χ3n) is 5.14. The Hall–Kier alpha value is -3.06. The summed E-state index contributed by atoms with van der Waals surface area (Å²) in [6, 6.07) is 10.8. The van der Waals surface area contributed by atoms with Crippen LogP contribution in [0.4, 0.5) is 0 Å². The zero-order valence-electron chi connectivity index (χ0n) is 15.5. The maximum Gasteiger partial charge on any atom is 0.261 e. The van der Waals surface area contributed by atoms with E-state index >= 15 is 0 Å². The number of nitrogens with zero attached hydrogens (tertiary/aromatic N) is 3. The molecule has 0 saturated carbocycles. The number of rotatable bonds is 5. The standard InChI is InChI=1S/C21H22N4O3/c26-19(13-25-14-23-18-6-2-1-5-17(18)21(25)27)24-20(15-7-10-28-11-8-15)16-4-3-9-22-12-16/h1-6,9,12,14-15,20H,7-8,10-11,13H2,(H,24,26). The van der Waals surface area contributed by atoms with Gasteiger partial charge in [-0.05, 0) is 42.5 Å². The van der Waals surface area contributed by atoms with Crippen LogP contribution in [-0.2, 0) is 16.1 Å². The Kier molecular flexibility index (Phi) is 5.43. The summed E-state index contributed by atoms with van der Waals surface area (Å²) in [5.74, 6) is 0.0490. The second-order valence-corrected chi connectivity index (χ2v) is 6.98. The van der Waals surface area contributed by atoms with Gasteiger partial charge >= 0.3 is 0 Å².